The number of rotatable bonds is 4. The smallest absolute Gasteiger partial charge is 0.334 e. The van der Waals surface area contributed by atoms with Crippen molar-refractivity contribution in [3.63, 3.8) is 0 Å². The number of carboxylic acids is 1. The van der Waals surface area contributed by atoms with Crippen LogP contribution in [-0.4, -0.2) is 28.8 Å². The van der Waals surface area contributed by atoms with Gasteiger partial charge in [0, 0.05) is 5.69 Å². The molecule has 4 nitrogen and oxygen atoms in total. The number of aliphatic carboxylic acids is 1. The van der Waals surface area contributed by atoms with Gasteiger partial charge in [0.05, 0.1) is 6.54 Å². The minimum absolute atomic E-state index is 0.0123. The largest absolute Gasteiger partial charge is 0.479 e. The molecule has 3 N–H and O–H groups in total. The molecule has 1 aromatic rings. The Kier molecular flexibility index (Phi) is 3.48. The molecule has 0 spiro atoms. The Morgan fingerprint density at radius 1 is 1.43 bits per heavy atom. The van der Waals surface area contributed by atoms with Crippen molar-refractivity contribution in [2.45, 2.75) is 13.0 Å². The Bertz CT molecular complexity index is 308. The summed E-state index contributed by atoms with van der Waals surface area (Å²) in [5.74, 6) is -1.22. The molecular weight excluding hydrogens is 182 g/mol. The van der Waals surface area contributed by atoms with E-state index in [1.165, 1.54) is 0 Å². The summed E-state index contributed by atoms with van der Waals surface area (Å²) in [6.45, 7) is 1.98. The zero-order chi connectivity index (χ0) is 10.6. The zero-order valence-corrected chi connectivity index (χ0v) is 7.90. The highest BCUT2D eigenvalue weighted by molar-refractivity contribution is 5.72. The predicted octanol–water partition coefficient (Wildman–Crippen LogP) is 0.852. The molecule has 0 aliphatic rings. The summed E-state index contributed by atoms with van der Waals surface area (Å²) >= 11 is 0. The number of aryl methyl sites for hydroxylation is 1. The monoisotopic (exact) mass is 195 g/mol. The first-order valence-corrected chi connectivity index (χ1v) is 4.31. The Labute approximate surface area is 82.2 Å². The van der Waals surface area contributed by atoms with E-state index < -0.39 is 12.1 Å². The fourth-order valence-corrected chi connectivity index (χ4v) is 0.973. The Morgan fingerprint density at radius 3 is 2.50 bits per heavy atom. The van der Waals surface area contributed by atoms with Gasteiger partial charge in [0.25, 0.3) is 0 Å². The molecule has 0 aliphatic carbocycles. The molecule has 1 unspecified atom stereocenters. The van der Waals surface area contributed by atoms with Crippen molar-refractivity contribution in [1.82, 2.24) is 0 Å². The van der Waals surface area contributed by atoms with Crippen molar-refractivity contribution in [3.8, 4) is 0 Å². The lowest BCUT2D eigenvalue weighted by Gasteiger charge is -2.08. The van der Waals surface area contributed by atoms with Gasteiger partial charge in [-0.25, -0.2) is 4.79 Å². The number of hydrogen-bond acceptors (Lipinski definition) is 3. The lowest BCUT2D eigenvalue weighted by Crippen LogP contribution is -2.28. The number of aliphatic hydroxyl groups excluding tert-OH is 1. The summed E-state index contributed by atoms with van der Waals surface area (Å²) in [7, 11) is 0. The summed E-state index contributed by atoms with van der Waals surface area (Å²) < 4.78 is 0. The van der Waals surface area contributed by atoms with E-state index in [1.54, 1.807) is 0 Å². The first-order valence-electron chi connectivity index (χ1n) is 4.31. The predicted molar refractivity (Wildman–Crippen MR) is 53.3 cm³/mol. The van der Waals surface area contributed by atoms with Crippen LogP contribution >= 0.6 is 0 Å². The number of nitrogens with one attached hydrogen (secondary N) is 1. The van der Waals surface area contributed by atoms with Crippen LogP contribution in [0, 0.1) is 6.92 Å². The van der Waals surface area contributed by atoms with Gasteiger partial charge in [-0.15, -0.1) is 0 Å². The van der Waals surface area contributed by atoms with Crippen LogP contribution < -0.4 is 5.32 Å². The fourth-order valence-electron chi connectivity index (χ4n) is 0.973. The lowest BCUT2D eigenvalue weighted by molar-refractivity contribution is -0.145. The number of hydrogen-bond donors (Lipinski definition) is 3. The minimum atomic E-state index is -1.36. The number of carboxylic acid groups (broad SMARTS) is 1. The van der Waals surface area contributed by atoms with Gasteiger partial charge in [-0.1, -0.05) is 17.7 Å². The summed E-state index contributed by atoms with van der Waals surface area (Å²) in [5, 5.41) is 20.2. The van der Waals surface area contributed by atoms with E-state index in [0.717, 1.165) is 11.3 Å². The Hall–Kier alpha value is -1.55. The van der Waals surface area contributed by atoms with Crippen LogP contribution in [0.4, 0.5) is 5.69 Å². The van der Waals surface area contributed by atoms with Gasteiger partial charge >= 0.3 is 5.97 Å². The molecule has 76 valence electrons. The molecular formula is C10H13NO3. The molecule has 0 bridgehead atoms. The zero-order valence-electron chi connectivity index (χ0n) is 7.90. The Morgan fingerprint density at radius 2 is 2.00 bits per heavy atom. The van der Waals surface area contributed by atoms with Gasteiger partial charge in [-0.3, -0.25) is 0 Å². The maximum atomic E-state index is 10.3. The molecule has 0 aliphatic heterocycles. The average Bonchev–Trinajstić information content (AvgIpc) is 2.16. The van der Waals surface area contributed by atoms with E-state index in [1.807, 2.05) is 31.2 Å². The summed E-state index contributed by atoms with van der Waals surface area (Å²) in [4.78, 5) is 10.3. The molecule has 0 saturated heterocycles. The van der Waals surface area contributed by atoms with Gasteiger partial charge < -0.3 is 15.5 Å². The van der Waals surface area contributed by atoms with Gasteiger partial charge in [-0.2, -0.15) is 0 Å². The normalized spacial score (nSPS) is 12.1. The molecule has 0 fully saturated rings. The van der Waals surface area contributed by atoms with Crippen LogP contribution in [0.15, 0.2) is 24.3 Å². The molecule has 0 saturated carbocycles. The number of carbonyl (C=O) groups is 1. The summed E-state index contributed by atoms with van der Waals surface area (Å²) in [5.41, 5.74) is 1.94. The summed E-state index contributed by atoms with van der Waals surface area (Å²) in [6.07, 6.45) is -1.36. The standard InChI is InChI=1S/C10H13NO3/c1-7-2-4-8(5-3-7)11-6-9(12)10(13)14/h2-5,9,11-12H,6H2,1H3,(H,13,14). The highest BCUT2D eigenvalue weighted by atomic mass is 16.4. The van der Waals surface area contributed by atoms with Crippen molar-refractivity contribution < 1.29 is 15.0 Å². The number of aliphatic hydroxyl groups is 1. The van der Waals surface area contributed by atoms with Crippen molar-refractivity contribution >= 4 is 11.7 Å². The van der Waals surface area contributed by atoms with Crippen LogP contribution in [0.25, 0.3) is 0 Å². The molecule has 1 rings (SSSR count). The van der Waals surface area contributed by atoms with Gasteiger partial charge in [0.1, 0.15) is 0 Å². The van der Waals surface area contributed by atoms with E-state index in [-0.39, 0.29) is 6.54 Å². The van der Waals surface area contributed by atoms with Gasteiger partial charge in [-0.05, 0) is 19.1 Å². The van der Waals surface area contributed by atoms with E-state index in [4.69, 9.17) is 10.2 Å². The molecule has 4 heteroatoms. The molecule has 0 radical (unpaired) electrons. The van der Waals surface area contributed by atoms with Crippen LogP contribution in [0.1, 0.15) is 5.56 Å². The molecule has 0 aromatic heterocycles. The van der Waals surface area contributed by atoms with E-state index in [0.29, 0.717) is 0 Å². The lowest BCUT2D eigenvalue weighted by atomic mass is 10.2. The topological polar surface area (TPSA) is 69.6 Å². The van der Waals surface area contributed by atoms with Crippen molar-refractivity contribution in [2.75, 3.05) is 11.9 Å². The van der Waals surface area contributed by atoms with Crippen LogP contribution in [-0.2, 0) is 4.79 Å². The second-order valence-corrected chi connectivity index (χ2v) is 3.10. The van der Waals surface area contributed by atoms with Crippen LogP contribution in [0.3, 0.4) is 0 Å². The molecule has 14 heavy (non-hydrogen) atoms. The van der Waals surface area contributed by atoms with Gasteiger partial charge in [0.2, 0.25) is 0 Å². The van der Waals surface area contributed by atoms with E-state index in [9.17, 15) is 4.79 Å². The molecule has 0 heterocycles. The van der Waals surface area contributed by atoms with Crippen LogP contribution in [0.2, 0.25) is 0 Å². The molecule has 0 amide bonds. The fraction of sp³-hybridized carbons (Fsp3) is 0.300. The quantitative estimate of drug-likeness (QED) is 0.666. The van der Waals surface area contributed by atoms with Crippen molar-refractivity contribution in [3.05, 3.63) is 29.8 Å². The second kappa shape index (κ2) is 4.62. The SMILES string of the molecule is Cc1ccc(NCC(O)C(=O)O)cc1. The minimum Gasteiger partial charge on any atom is -0.479 e. The molecule has 1 aromatic carbocycles. The number of benzene rings is 1. The van der Waals surface area contributed by atoms with Gasteiger partial charge in [0.15, 0.2) is 6.10 Å². The van der Waals surface area contributed by atoms with E-state index >= 15 is 0 Å². The maximum Gasteiger partial charge on any atom is 0.334 e. The third-order valence-electron chi connectivity index (χ3n) is 1.84. The number of anilines is 1. The highest BCUT2D eigenvalue weighted by Crippen LogP contribution is 2.08. The van der Waals surface area contributed by atoms with Crippen LogP contribution in [0.5, 0.6) is 0 Å². The third kappa shape index (κ3) is 3.06. The molecule has 1 atom stereocenters. The first kappa shape index (κ1) is 10.5. The van der Waals surface area contributed by atoms with Crippen molar-refractivity contribution in [2.24, 2.45) is 0 Å². The second-order valence-electron chi connectivity index (χ2n) is 3.10. The first-order chi connectivity index (χ1) is 6.59. The average molecular weight is 195 g/mol. The highest BCUT2D eigenvalue weighted by Gasteiger charge is 2.11. The van der Waals surface area contributed by atoms with Crippen molar-refractivity contribution in [1.29, 1.82) is 0 Å². The third-order valence-corrected chi connectivity index (χ3v) is 1.84. The van der Waals surface area contributed by atoms with E-state index in [2.05, 4.69) is 5.32 Å². The maximum absolute atomic E-state index is 10.3. The summed E-state index contributed by atoms with van der Waals surface area (Å²) in [6, 6.07) is 7.50. The Balaban J connectivity index is 2.46.